The van der Waals surface area contributed by atoms with Crippen LogP contribution in [0, 0.1) is 5.92 Å². The normalized spacial score (nSPS) is 17.5. The van der Waals surface area contributed by atoms with Gasteiger partial charge in [-0.15, -0.1) is 0 Å². The lowest BCUT2D eigenvalue weighted by molar-refractivity contribution is -0.142. The minimum atomic E-state index is -2.91. The van der Waals surface area contributed by atoms with Gasteiger partial charge in [-0.2, -0.15) is 0 Å². The summed E-state index contributed by atoms with van der Waals surface area (Å²) >= 11 is 0. The summed E-state index contributed by atoms with van der Waals surface area (Å²) in [5.41, 5.74) is 0. The summed E-state index contributed by atoms with van der Waals surface area (Å²) in [6.07, 6.45) is 0.896. The van der Waals surface area contributed by atoms with Crippen molar-refractivity contribution in [2.24, 2.45) is 5.92 Å². The Labute approximate surface area is 78.7 Å². The van der Waals surface area contributed by atoms with E-state index in [9.17, 15) is 9.36 Å². The summed E-state index contributed by atoms with van der Waals surface area (Å²) in [4.78, 5) is 19.4. The van der Waals surface area contributed by atoms with Crippen molar-refractivity contribution in [1.82, 2.24) is 0 Å². The summed E-state index contributed by atoms with van der Waals surface area (Å²) in [6, 6.07) is 0. The van der Waals surface area contributed by atoms with Gasteiger partial charge in [0.1, 0.15) is 0 Å². The molecule has 0 radical (unpaired) electrons. The van der Waals surface area contributed by atoms with E-state index >= 15 is 0 Å². The third-order valence-electron chi connectivity index (χ3n) is 1.61. The fourth-order valence-electron chi connectivity index (χ4n) is 0.803. The molecule has 0 saturated heterocycles. The molecule has 1 unspecified atom stereocenters. The van der Waals surface area contributed by atoms with Crippen LogP contribution in [0.3, 0.4) is 0 Å². The molecule has 5 heteroatoms. The Bertz CT molecular complexity index is 208. The molecule has 2 atom stereocenters. The average molecular weight is 208 g/mol. The van der Waals surface area contributed by atoms with Crippen LogP contribution in [0.4, 0.5) is 0 Å². The number of esters is 1. The molecule has 0 bridgehead atoms. The molecule has 0 aliphatic rings. The van der Waals surface area contributed by atoms with Crippen LogP contribution in [0.25, 0.3) is 0 Å². The second kappa shape index (κ2) is 5.40. The van der Waals surface area contributed by atoms with E-state index in [2.05, 4.69) is 0 Å². The SMILES string of the molecule is CC(=O)OC[C@H](C)CCP(C)(=O)O. The molecule has 0 rings (SSSR count). The van der Waals surface area contributed by atoms with Crippen molar-refractivity contribution in [2.75, 3.05) is 19.4 Å². The van der Waals surface area contributed by atoms with E-state index in [1.54, 1.807) is 0 Å². The quantitative estimate of drug-likeness (QED) is 0.549. The Hall–Kier alpha value is -0.340. The highest BCUT2D eigenvalue weighted by atomic mass is 31.2. The Morgan fingerprint density at radius 2 is 2.15 bits per heavy atom. The predicted molar refractivity (Wildman–Crippen MR) is 51.0 cm³/mol. The molecule has 0 saturated carbocycles. The van der Waals surface area contributed by atoms with Gasteiger partial charge < -0.3 is 9.63 Å². The van der Waals surface area contributed by atoms with E-state index in [0.29, 0.717) is 13.0 Å². The standard InChI is InChI=1S/C8H17O4P/c1-7(6-12-8(2)9)4-5-13(3,10)11/h7H,4-6H2,1-3H3,(H,10,11)/t7-/m1/s1. The summed E-state index contributed by atoms with van der Waals surface area (Å²) in [6.45, 7) is 4.91. The Morgan fingerprint density at radius 3 is 2.54 bits per heavy atom. The summed E-state index contributed by atoms with van der Waals surface area (Å²) in [5, 5.41) is 0. The van der Waals surface area contributed by atoms with E-state index in [0.717, 1.165) is 0 Å². The van der Waals surface area contributed by atoms with Crippen LogP contribution in [0.1, 0.15) is 20.3 Å². The zero-order chi connectivity index (χ0) is 10.5. The number of carbonyl (C=O) groups is 1. The molecule has 13 heavy (non-hydrogen) atoms. The molecule has 0 aliphatic carbocycles. The van der Waals surface area contributed by atoms with Crippen LogP contribution < -0.4 is 0 Å². The van der Waals surface area contributed by atoms with Gasteiger partial charge in [-0.25, -0.2) is 0 Å². The van der Waals surface area contributed by atoms with Gasteiger partial charge in [0.2, 0.25) is 0 Å². The molecule has 0 aliphatic heterocycles. The third kappa shape index (κ3) is 9.57. The number of carbonyl (C=O) groups excluding carboxylic acids is 1. The molecule has 78 valence electrons. The lowest BCUT2D eigenvalue weighted by Crippen LogP contribution is -2.10. The van der Waals surface area contributed by atoms with Gasteiger partial charge in [0.15, 0.2) is 7.37 Å². The molecule has 0 spiro atoms. The van der Waals surface area contributed by atoms with Gasteiger partial charge in [0.25, 0.3) is 0 Å². The fourth-order valence-corrected chi connectivity index (χ4v) is 1.72. The van der Waals surface area contributed by atoms with E-state index in [1.165, 1.54) is 13.6 Å². The summed E-state index contributed by atoms with van der Waals surface area (Å²) < 4.78 is 15.7. The first kappa shape index (κ1) is 12.7. The molecule has 1 N–H and O–H groups in total. The van der Waals surface area contributed by atoms with Crippen LogP contribution in [-0.2, 0) is 14.1 Å². The smallest absolute Gasteiger partial charge is 0.302 e. The van der Waals surface area contributed by atoms with Crippen molar-refractivity contribution in [3.8, 4) is 0 Å². The van der Waals surface area contributed by atoms with E-state index < -0.39 is 7.37 Å². The molecule has 0 heterocycles. The average Bonchev–Trinajstić information content (AvgIpc) is 1.95. The van der Waals surface area contributed by atoms with Crippen molar-refractivity contribution >= 4 is 13.3 Å². The van der Waals surface area contributed by atoms with Gasteiger partial charge in [-0.1, -0.05) is 6.92 Å². The highest BCUT2D eigenvalue weighted by Crippen LogP contribution is 2.36. The lowest BCUT2D eigenvalue weighted by atomic mass is 10.1. The first-order valence-corrected chi connectivity index (χ1v) is 6.53. The number of hydrogen-bond acceptors (Lipinski definition) is 3. The van der Waals surface area contributed by atoms with Crippen LogP contribution in [-0.4, -0.2) is 30.3 Å². The molecule has 0 amide bonds. The van der Waals surface area contributed by atoms with Gasteiger partial charge in [-0.05, 0) is 12.3 Å². The Morgan fingerprint density at radius 1 is 1.62 bits per heavy atom. The summed E-state index contributed by atoms with van der Waals surface area (Å²) in [7, 11) is -2.91. The molecular weight excluding hydrogens is 191 g/mol. The van der Waals surface area contributed by atoms with Crippen LogP contribution in [0.15, 0.2) is 0 Å². The van der Waals surface area contributed by atoms with Gasteiger partial charge in [0.05, 0.1) is 6.61 Å². The number of rotatable bonds is 5. The van der Waals surface area contributed by atoms with Crippen molar-refractivity contribution in [3.63, 3.8) is 0 Å². The van der Waals surface area contributed by atoms with Gasteiger partial charge in [0, 0.05) is 19.8 Å². The van der Waals surface area contributed by atoms with E-state index in [-0.39, 0.29) is 18.0 Å². The minimum Gasteiger partial charge on any atom is -0.466 e. The van der Waals surface area contributed by atoms with E-state index in [1.807, 2.05) is 6.92 Å². The molecule has 0 aromatic carbocycles. The van der Waals surface area contributed by atoms with Crippen LogP contribution in [0.5, 0.6) is 0 Å². The van der Waals surface area contributed by atoms with Crippen molar-refractivity contribution in [1.29, 1.82) is 0 Å². The Balaban J connectivity index is 3.58. The highest BCUT2D eigenvalue weighted by Gasteiger charge is 2.12. The fraction of sp³-hybridized carbons (Fsp3) is 0.875. The van der Waals surface area contributed by atoms with Crippen molar-refractivity contribution < 1.29 is 19.0 Å². The molecule has 4 nitrogen and oxygen atoms in total. The molecule has 0 aromatic rings. The van der Waals surface area contributed by atoms with Crippen molar-refractivity contribution in [3.05, 3.63) is 0 Å². The maximum atomic E-state index is 10.9. The third-order valence-corrected chi connectivity index (χ3v) is 2.70. The predicted octanol–water partition coefficient (Wildman–Crippen LogP) is 1.48. The monoisotopic (exact) mass is 208 g/mol. The maximum absolute atomic E-state index is 10.9. The number of hydrogen-bond donors (Lipinski definition) is 1. The first-order chi connectivity index (χ1) is 5.81. The maximum Gasteiger partial charge on any atom is 0.302 e. The van der Waals surface area contributed by atoms with Gasteiger partial charge >= 0.3 is 5.97 Å². The van der Waals surface area contributed by atoms with Crippen LogP contribution >= 0.6 is 7.37 Å². The molecule has 0 fully saturated rings. The number of ether oxygens (including phenoxy) is 1. The summed E-state index contributed by atoms with van der Waals surface area (Å²) in [5.74, 6) is -0.167. The second-order valence-electron chi connectivity index (χ2n) is 3.47. The largest absolute Gasteiger partial charge is 0.466 e. The minimum absolute atomic E-state index is 0.143. The van der Waals surface area contributed by atoms with Crippen molar-refractivity contribution in [2.45, 2.75) is 20.3 Å². The lowest BCUT2D eigenvalue weighted by Gasteiger charge is -2.12. The Kier molecular flexibility index (Phi) is 5.26. The highest BCUT2D eigenvalue weighted by molar-refractivity contribution is 7.57. The van der Waals surface area contributed by atoms with Gasteiger partial charge in [-0.3, -0.25) is 9.36 Å². The molecule has 0 aromatic heterocycles. The topological polar surface area (TPSA) is 63.6 Å². The van der Waals surface area contributed by atoms with E-state index in [4.69, 9.17) is 9.63 Å². The molecular formula is C8H17O4P. The van der Waals surface area contributed by atoms with Crippen LogP contribution in [0.2, 0.25) is 0 Å². The zero-order valence-corrected chi connectivity index (χ0v) is 9.21. The second-order valence-corrected chi connectivity index (χ2v) is 6.02. The first-order valence-electron chi connectivity index (χ1n) is 4.24. The zero-order valence-electron chi connectivity index (χ0n) is 8.32.